The molecule has 3 nitrogen and oxygen atoms in total. The van der Waals surface area contributed by atoms with Crippen LogP contribution in [0.1, 0.15) is 25.3 Å². The number of aliphatic carboxylic acids is 1. The van der Waals surface area contributed by atoms with Crippen LogP contribution in [0.15, 0.2) is 30.3 Å². The lowest BCUT2D eigenvalue weighted by Crippen LogP contribution is -2.26. The lowest BCUT2D eigenvalue weighted by Gasteiger charge is -2.12. The molecule has 0 spiro atoms. The second-order valence-corrected chi connectivity index (χ2v) is 3.70. The van der Waals surface area contributed by atoms with Crippen LogP contribution in [0.4, 0.5) is 0 Å². The van der Waals surface area contributed by atoms with E-state index in [1.807, 2.05) is 25.1 Å². The molecule has 0 heterocycles. The molecule has 1 rings (SSSR count). The summed E-state index contributed by atoms with van der Waals surface area (Å²) in [6.45, 7) is 2.80. The second-order valence-electron chi connectivity index (χ2n) is 3.70. The van der Waals surface area contributed by atoms with Crippen LogP contribution >= 0.6 is 0 Å². The van der Waals surface area contributed by atoms with Crippen LogP contribution in [0.2, 0.25) is 0 Å². The highest BCUT2D eigenvalue weighted by atomic mass is 16.4. The molecule has 0 saturated carbocycles. The molecule has 0 aliphatic carbocycles. The molecule has 1 aromatic rings. The number of hydrogen-bond donors (Lipinski definition) is 2. The van der Waals surface area contributed by atoms with Crippen molar-refractivity contribution in [3.05, 3.63) is 35.9 Å². The molecule has 0 aliphatic rings. The Morgan fingerprint density at radius 3 is 2.67 bits per heavy atom. The Labute approximate surface area is 90.1 Å². The van der Waals surface area contributed by atoms with Crippen molar-refractivity contribution < 1.29 is 9.90 Å². The number of benzene rings is 1. The molecule has 0 amide bonds. The van der Waals surface area contributed by atoms with E-state index in [1.54, 1.807) is 0 Å². The predicted molar refractivity (Wildman–Crippen MR) is 59.6 cm³/mol. The van der Waals surface area contributed by atoms with Gasteiger partial charge in [0.15, 0.2) is 0 Å². The van der Waals surface area contributed by atoms with Gasteiger partial charge in [-0.25, -0.2) is 0 Å². The molecule has 3 heteroatoms. The third-order valence-corrected chi connectivity index (χ3v) is 2.29. The summed E-state index contributed by atoms with van der Waals surface area (Å²) in [4.78, 5) is 10.4. The smallest absolute Gasteiger partial charge is 0.303 e. The second kappa shape index (κ2) is 6.19. The van der Waals surface area contributed by atoms with Gasteiger partial charge in [0, 0.05) is 19.0 Å². The molecule has 1 aromatic carbocycles. The molecule has 1 atom stereocenters. The fraction of sp³-hybridized carbons (Fsp3) is 0.417. The van der Waals surface area contributed by atoms with E-state index in [0.29, 0.717) is 6.42 Å². The van der Waals surface area contributed by atoms with Gasteiger partial charge in [0.1, 0.15) is 0 Å². The monoisotopic (exact) mass is 207 g/mol. The van der Waals surface area contributed by atoms with Crippen molar-refractivity contribution in [3.63, 3.8) is 0 Å². The SMILES string of the molecule is CC(CCC(=O)O)NCc1ccccc1. The number of carboxylic acid groups (broad SMARTS) is 1. The zero-order valence-electron chi connectivity index (χ0n) is 8.94. The van der Waals surface area contributed by atoms with Gasteiger partial charge in [-0.2, -0.15) is 0 Å². The highest BCUT2D eigenvalue weighted by molar-refractivity contribution is 5.66. The largest absolute Gasteiger partial charge is 0.481 e. The molecular formula is C12H17NO2. The van der Waals surface area contributed by atoms with E-state index in [9.17, 15) is 4.79 Å². The van der Waals surface area contributed by atoms with Gasteiger partial charge in [-0.15, -0.1) is 0 Å². The van der Waals surface area contributed by atoms with Crippen molar-refractivity contribution in [2.45, 2.75) is 32.4 Å². The van der Waals surface area contributed by atoms with Crippen LogP contribution in [0, 0.1) is 0 Å². The molecule has 15 heavy (non-hydrogen) atoms. The first-order valence-electron chi connectivity index (χ1n) is 5.17. The van der Waals surface area contributed by atoms with Crippen LogP contribution in [0.3, 0.4) is 0 Å². The van der Waals surface area contributed by atoms with Gasteiger partial charge in [-0.3, -0.25) is 4.79 Å². The van der Waals surface area contributed by atoms with E-state index in [0.717, 1.165) is 6.54 Å². The van der Waals surface area contributed by atoms with E-state index >= 15 is 0 Å². The maximum absolute atomic E-state index is 10.4. The Balaban J connectivity index is 2.22. The van der Waals surface area contributed by atoms with Gasteiger partial charge in [0.25, 0.3) is 0 Å². The maximum Gasteiger partial charge on any atom is 0.303 e. The number of rotatable bonds is 6. The Morgan fingerprint density at radius 1 is 1.40 bits per heavy atom. The van der Waals surface area contributed by atoms with Gasteiger partial charge >= 0.3 is 5.97 Å². The van der Waals surface area contributed by atoms with Crippen LogP contribution in [-0.4, -0.2) is 17.1 Å². The highest BCUT2D eigenvalue weighted by Gasteiger charge is 2.04. The van der Waals surface area contributed by atoms with E-state index < -0.39 is 5.97 Å². The standard InChI is InChI=1S/C12H17NO2/c1-10(7-8-12(14)15)13-9-11-5-3-2-4-6-11/h2-6,10,13H,7-9H2,1H3,(H,14,15). The summed E-state index contributed by atoms with van der Waals surface area (Å²) in [7, 11) is 0. The first-order chi connectivity index (χ1) is 7.18. The van der Waals surface area contributed by atoms with Crippen molar-refractivity contribution >= 4 is 5.97 Å². The molecule has 0 bridgehead atoms. The minimum absolute atomic E-state index is 0.225. The Morgan fingerprint density at radius 2 is 2.07 bits per heavy atom. The van der Waals surface area contributed by atoms with Gasteiger partial charge in [0.2, 0.25) is 0 Å². The van der Waals surface area contributed by atoms with Gasteiger partial charge < -0.3 is 10.4 Å². The molecule has 1 unspecified atom stereocenters. The Kier molecular flexibility index (Phi) is 4.84. The summed E-state index contributed by atoms with van der Waals surface area (Å²) < 4.78 is 0. The Bertz CT molecular complexity index is 298. The molecule has 82 valence electrons. The van der Waals surface area contributed by atoms with Gasteiger partial charge in [-0.05, 0) is 18.9 Å². The van der Waals surface area contributed by atoms with Crippen molar-refractivity contribution in [3.8, 4) is 0 Å². The minimum atomic E-state index is -0.733. The van der Waals surface area contributed by atoms with Crippen molar-refractivity contribution in [2.24, 2.45) is 0 Å². The minimum Gasteiger partial charge on any atom is -0.481 e. The van der Waals surface area contributed by atoms with Gasteiger partial charge in [-0.1, -0.05) is 30.3 Å². The van der Waals surface area contributed by atoms with E-state index in [4.69, 9.17) is 5.11 Å². The zero-order chi connectivity index (χ0) is 11.1. The van der Waals surface area contributed by atoms with Crippen LogP contribution in [0.5, 0.6) is 0 Å². The highest BCUT2D eigenvalue weighted by Crippen LogP contribution is 2.01. The van der Waals surface area contributed by atoms with E-state index in [-0.39, 0.29) is 12.5 Å². The zero-order valence-corrected chi connectivity index (χ0v) is 8.94. The summed E-state index contributed by atoms with van der Waals surface area (Å²) in [5.41, 5.74) is 1.22. The quantitative estimate of drug-likeness (QED) is 0.750. The molecule has 2 N–H and O–H groups in total. The lowest BCUT2D eigenvalue weighted by molar-refractivity contribution is -0.137. The fourth-order valence-electron chi connectivity index (χ4n) is 1.33. The number of carbonyl (C=O) groups is 1. The molecule has 0 fully saturated rings. The molecule has 0 radical (unpaired) electrons. The summed E-state index contributed by atoms with van der Waals surface area (Å²) >= 11 is 0. The van der Waals surface area contributed by atoms with Crippen molar-refractivity contribution in [1.82, 2.24) is 5.32 Å². The van der Waals surface area contributed by atoms with Crippen LogP contribution < -0.4 is 5.32 Å². The predicted octanol–water partition coefficient (Wildman–Crippen LogP) is 2.03. The van der Waals surface area contributed by atoms with Crippen molar-refractivity contribution in [1.29, 1.82) is 0 Å². The molecule has 0 saturated heterocycles. The third-order valence-electron chi connectivity index (χ3n) is 2.29. The van der Waals surface area contributed by atoms with Crippen LogP contribution in [-0.2, 0) is 11.3 Å². The molecule has 0 aromatic heterocycles. The van der Waals surface area contributed by atoms with Crippen LogP contribution in [0.25, 0.3) is 0 Å². The topological polar surface area (TPSA) is 49.3 Å². The number of hydrogen-bond acceptors (Lipinski definition) is 2. The summed E-state index contributed by atoms with van der Waals surface area (Å²) in [5.74, 6) is -0.733. The summed E-state index contributed by atoms with van der Waals surface area (Å²) in [6, 6.07) is 10.3. The molecular weight excluding hydrogens is 190 g/mol. The number of carboxylic acids is 1. The molecule has 0 aliphatic heterocycles. The Hall–Kier alpha value is -1.35. The van der Waals surface area contributed by atoms with Crippen molar-refractivity contribution in [2.75, 3.05) is 0 Å². The fourth-order valence-corrected chi connectivity index (χ4v) is 1.33. The average molecular weight is 207 g/mol. The number of nitrogens with one attached hydrogen (secondary N) is 1. The maximum atomic E-state index is 10.4. The van der Waals surface area contributed by atoms with E-state index in [1.165, 1.54) is 5.56 Å². The lowest BCUT2D eigenvalue weighted by atomic mass is 10.1. The average Bonchev–Trinajstić information content (AvgIpc) is 2.25. The summed E-state index contributed by atoms with van der Waals surface area (Å²) in [6.07, 6.45) is 0.894. The van der Waals surface area contributed by atoms with E-state index in [2.05, 4.69) is 17.4 Å². The normalized spacial score (nSPS) is 12.3. The third kappa shape index (κ3) is 5.18. The summed E-state index contributed by atoms with van der Waals surface area (Å²) in [5, 5.41) is 11.8. The first-order valence-corrected chi connectivity index (χ1v) is 5.17. The first kappa shape index (κ1) is 11.7. The van der Waals surface area contributed by atoms with Gasteiger partial charge in [0.05, 0.1) is 0 Å².